The Labute approximate surface area is 143 Å². The van der Waals surface area contributed by atoms with Crippen LogP contribution in [-0.2, 0) is 0 Å². The number of rotatable bonds is 3. The highest BCUT2D eigenvalue weighted by atomic mass is 32.1. The Kier molecular flexibility index (Phi) is 3.16. The van der Waals surface area contributed by atoms with Crippen molar-refractivity contribution in [2.45, 2.75) is 31.2 Å². The van der Waals surface area contributed by atoms with E-state index in [1.54, 1.807) is 0 Å². The van der Waals surface area contributed by atoms with Gasteiger partial charge in [-0.05, 0) is 31.4 Å². The molecule has 1 atom stereocenters. The monoisotopic (exact) mass is 339 g/mol. The SMILES string of the molecule is O=C(c1nc2ccccc2s1)N1CCC(n2cc(C3CC3)nn2)C1. The summed E-state index contributed by atoms with van der Waals surface area (Å²) in [7, 11) is 0. The minimum Gasteiger partial charge on any atom is -0.334 e. The highest BCUT2D eigenvalue weighted by Gasteiger charge is 2.32. The second-order valence-corrected chi connectivity index (χ2v) is 7.61. The standard InChI is InChI=1S/C17H17N5OS/c23-17(16-18-13-3-1-2-4-15(13)24-16)21-8-7-12(9-21)22-10-14(19-20-22)11-5-6-11/h1-4,10-12H,5-9H2. The van der Waals surface area contributed by atoms with Gasteiger partial charge >= 0.3 is 0 Å². The summed E-state index contributed by atoms with van der Waals surface area (Å²) in [6.45, 7) is 1.43. The average Bonchev–Trinajstić information content (AvgIpc) is 3.07. The molecule has 1 amide bonds. The van der Waals surface area contributed by atoms with E-state index in [4.69, 9.17) is 0 Å². The van der Waals surface area contributed by atoms with Gasteiger partial charge in [0.05, 0.1) is 22.0 Å². The Morgan fingerprint density at radius 2 is 2.08 bits per heavy atom. The van der Waals surface area contributed by atoms with Crippen LogP contribution in [0, 0.1) is 0 Å². The molecular formula is C17H17N5OS. The van der Waals surface area contributed by atoms with Gasteiger partial charge in [0.1, 0.15) is 0 Å². The minimum atomic E-state index is 0.0289. The van der Waals surface area contributed by atoms with Gasteiger partial charge in [0.2, 0.25) is 0 Å². The number of thiazole rings is 1. The first-order chi connectivity index (χ1) is 11.8. The van der Waals surface area contributed by atoms with Crippen molar-refractivity contribution < 1.29 is 4.79 Å². The number of benzene rings is 1. The van der Waals surface area contributed by atoms with Crippen LogP contribution in [0.15, 0.2) is 30.5 Å². The van der Waals surface area contributed by atoms with Gasteiger partial charge in [-0.15, -0.1) is 16.4 Å². The summed E-state index contributed by atoms with van der Waals surface area (Å²) in [6, 6.07) is 8.10. The predicted octanol–water partition coefficient (Wildman–Crippen LogP) is 2.85. The molecule has 0 radical (unpaired) electrons. The zero-order valence-electron chi connectivity index (χ0n) is 13.1. The summed E-state index contributed by atoms with van der Waals surface area (Å²) < 4.78 is 3.00. The maximum Gasteiger partial charge on any atom is 0.282 e. The second kappa shape index (κ2) is 5.37. The number of para-hydroxylation sites is 1. The molecule has 6 nitrogen and oxygen atoms in total. The van der Waals surface area contributed by atoms with Crippen LogP contribution in [0.1, 0.15) is 46.7 Å². The Morgan fingerprint density at radius 1 is 1.21 bits per heavy atom. The third-order valence-corrected chi connectivity index (χ3v) is 5.85. The van der Waals surface area contributed by atoms with E-state index in [1.165, 1.54) is 24.2 Å². The fourth-order valence-corrected chi connectivity index (χ4v) is 4.21. The number of aromatic nitrogens is 4. The molecule has 1 aliphatic carbocycles. The van der Waals surface area contributed by atoms with Gasteiger partial charge in [0.15, 0.2) is 5.01 Å². The normalized spacial score (nSPS) is 20.8. The number of hydrogen-bond donors (Lipinski definition) is 0. The van der Waals surface area contributed by atoms with Crippen LogP contribution >= 0.6 is 11.3 Å². The van der Waals surface area contributed by atoms with Crippen molar-refractivity contribution in [3.05, 3.63) is 41.2 Å². The Bertz CT molecular complexity index is 879. The van der Waals surface area contributed by atoms with E-state index in [0.717, 1.165) is 28.9 Å². The number of carbonyl (C=O) groups excluding carboxylic acids is 1. The quantitative estimate of drug-likeness (QED) is 0.736. The highest BCUT2D eigenvalue weighted by Crippen LogP contribution is 2.39. The van der Waals surface area contributed by atoms with Gasteiger partial charge in [-0.2, -0.15) is 0 Å². The summed E-state index contributed by atoms with van der Waals surface area (Å²) in [6.07, 6.45) is 5.44. The van der Waals surface area contributed by atoms with Crippen LogP contribution in [0.3, 0.4) is 0 Å². The van der Waals surface area contributed by atoms with E-state index in [-0.39, 0.29) is 11.9 Å². The van der Waals surface area contributed by atoms with Crippen molar-refractivity contribution in [3.8, 4) is 0 Å². The van der Waals surface area contributed by atoms with Gasteiger partial charge in [0.25, 0.3) is 5.91 Å². The van der Waals surface area contributed by atoms with Crippen molar-refractivity contribution in [1.82, 2.24) is 24.9 Å². The van der Waals surface area contributed by atoms with Gasteiger partial charge in [0, 0.05) is 25.2 Å². The molecule has 2 aliphatic rings. The fourth-order valence-electron chi connectivity index (χ4n) is 3.28. The summed E-state index contributed by atoms with van der Waals surface area (Å²) in [5.74, 6) is 0.641. The number of amides is 1. The summed E-state index contributed by atoms with van der Waals surface area (Å²) >= 11 is 1.47. The summed E-state index contributed by atoms with van der Waals surface area (Å²) in [5.41, 5.74) is 2.00. The molecule has 5 rings (SSSR count). The molecule has 1 saturated heterocycles. The lowest BCUT2D eigenvalue weighted by molar-refractivity contribution is 0.0787. The highest BCUT2D eigenvalue weighted by molar-refractivity contribution is 7.20. The Morgan fingerprint density at radius 3 is 2.92 bits per heavy atom. The molecule has 1 unspecified atom stereocenters. The molecule has 1 aromatic carbocycles. The predicted molar refractivity (Wildman–Crippen MR) is 91.2 cm³/mol. The van der Waals surface area contributed by atoms with Crippen molar-refractivity contribution in [1.29, 1.82) is 0 Å². The molecular weight excluding hydrogens is 322 g/mol. The Balaban J connectivity index is 1.33. The van der Waals surface area contributed by atoms with Gasteiger partial charge in [-0.3, -0.25) is 4.79 Å². The van der Waals surface area contributed by atoms with Crippen molar-refractivity contribution in [3.63, 3.8) is 0 Å². The zero-order valence-corrected chi connectivity index (χ0v) is 13.9. The minimum absolute atomic E-state index is 0.0289. The van der Waals surface area contributed by atoms with Gasteiger partial charge < -0.3 is 4.90 Å². The number of carbonyl (C=O) groups is 1. The van der Waals surface area contributed by atoms with Crippen molar-refractivity contribution >= 4 is 27.5 Å². The Hall–Kier alpha value is -2.28. The molecule has 7 heteroatoms. The van der Waals surface area contributed by atoms with Crippen LogP contribution < -0.4 is 0 Å². The smallest absolute Gasteiger partial charge is 0.282 e. The number of fused-ring (bicyclic) bond motifs is 1. The van der Waals surface area contributed by atoms with E-state index < -0.39 is 0 Å². The topological polar surface area (TPSA) is 63.9 Å². The lowest BCUT2D eigenvalue weighted by atomic mass is 10.2. The van der Waals surface area contributed by atoms with Gasteiger partial charge in [-0.1, -0.05) is 17.3 Å². The molecule has 0 bridgehead atoms. The maximum atomic E-state index is 12.7. The maximum absolute atomic E-state index is 12.7. The number of hydrogen-bond acceptors (Lipinski definition) is 5. The molecule has 122 valence electrons. The second-order valence-electron chi connectivity index (χ2n) is 6.58. The van der Waals surface area contributed by atoms with Crippen molar-refractivity contribution in [2.24, 2.45) is 0 Å². The number of likely N-dealkylation sites (tertiary alicyclic amines) is 1. The molecule has 0 spiro atoms. The van der Waals surface area contributed by atoms with E-state index >= 15 is 0 Å². The van der Waals surface area contributed by atoms with Crippen LogP contribution in [0.2, 0.25) is 0 Å². The van der Waals surface area contributed by atoms with E-state index in [2.05, 4.69) is 21.5 Å². The lowest BCUT2D eigenvalue weighted by Gasteiger charge is -2.14. The lowest BCUT2D eigenvalue weighted by Crippen LogP contribution is -2.29. The molecule has 2 aromatic heterocycles. The molecule has 3 aromatic rings. The first kappa shape index (κ1) is 14.1. The zero-order chi connectivity index (χ0) is 16.1. The average molecular weight is 339 g/mol. The van der Waals surface area contributed by atoms with E-state index in [9.17, 15) is 4.79 Å². The van der Waals surface area contributed by atoms with Crippen LogP contribution in [0.4, 0.5) is 0 Å². The summed E-state index contributed by atoms with van der Waals surface area (Å²) in [4.78, 5) is 19.1. The molecule has 24 heavy (non-hydrogen) atoms. The first-order valence-corrected chi connectivity index (χ1v) is 9.16. The third-order valence-electron chi connectivity index (χ3n) is 4.83. The first-order valence-electron chi connectivity index (χ1n) is 8.34. The van der Waals surface area contributed by atoms with E-state index in [1.807, 2.05) is 33.8 Å². The molecule has 1 saturated carbocycles. The molecule has 0 N–H and O–H groups in total. The van der Waals surface area contributed by atoms with Gasteiger partial charge in [-0.25, -0.2) is 9.67 Å². The molecule has 3 heterocycles. The van der Waals surface area contributed by atoms with E-state index in [0.29, 0.717) is 17.5 Å². The van der Waals surface area contributed by atoms with Crippen LogP contribution in [0.5, 0.6) is 0 Å². The van der Waals surface area contributed by atoms with Crippen LogP contribution in [0.25, 0.3) is 10.2 Å². The third kappa shape index (κ3) is 2.39. The van der Waals surface area contributed by atoms with Crippen molar-refractivity contribution in [2.75, 3.05) is 13.1 Å². The fraction of sp³-hybridized carbons (Fsp3) is 0.412. The molecule has 1 aliphatic heterocycles. The molecule has 2 fully saturated rings. The summed E-state index contributed by atoms with van der Waals surface area (Å²) in [5, 5.41) is 9.13. The largest absolute Gasteiger partial charge is 0.334 e. The van der Waals surface area contributed by atoms with Crippen LogP contribution in [-0.4, -0.2) is 43.9 Å². The number of nitrogens with zero attached hydrogens (tertiary/aromatic N) is 5.